The average molecular weight is 417 g/mol. The molecular weight excluding hydrogens is 388 g/mol. The van der Waals surface area contributed by atoms with E-state index in [0.717, 1.165) is 23.2 Å². The van der Waals surface area contributed by atoms with Crippen LogP contribution >= 0.6 is 0 Å². The smallest absolute Gasteiger partial charge is 0.261 e. The Morgan fingerprint density at radius 2 is 1.90 bits per heavy atom. The summed E-state index contributed by atoms with van der Waals surface area (Å²) in [5, 5.41) is 0. The predicted molar refractivity (Wildman–Crippen MR) is 115 cm³/mol. The SMILES string of the molecule is COc1ccc(S(=O)(=O)Nc2ccc3c(c2)CCC(=O)N3CCC(C)C)cc1C. The van der Waals surface area contributed by atoms with E-state index >= 15 is 0 Å². The summed E-state index contributed by atoms with van der Waals surface area (Å²) in [6, 6.07) is 10.1. The maximum Gasteiger partial charge on any atom is 0.261 e. The first-order valence-electron chi connectivity index (χ1n) is 9.82. The highest BCUT2D eigenvalue weighted by molar-refractivity contribution is 7.92. The molecule has 2 aromatic carbocycles. The zero-order chi connectivity index (χ0) is 21.2. The standard InChI is InChI=1S/C22H28N2O4S/c1-15(2)11-12-24-20-8-6-18(14-17(20)5-10-22(24)25)23-29(26,27)19-7-9-21(28-4)16(3)13-19/h6-9,13-15,23H,5,10-12H2,1-4H3. The first-order valence-corrected chi connectivity index (χ1v) is 11.3. The molecule has 1 N–H and O–H groups in total. The van der Waals surface area contributed by atoms with Crippen molar-refractivity contribution in [3.63, 3.8) is 0 Å². The maximum absolute atomic E-state index is 12.8. The van der Waals surface area contributed by atoms with E-state index in [1.807, 2.05) is 17.0 Å². The third-order valence-corrected chi connectivity index (χ3v) is 6.52. The Morgan fingerprint density at radius 3 is 2.55 bits per heavy atom. The van der Waals surface area contributed by atoms with Gasteiger partial charge in [0.1, 0.15) is 5.75 Å². The fraction of sp³-hybridized carbons (Fsp3) is 0.409. The Hall–Kier alpha value is -2.54. The monoisotopic (exact) mass is 416 g/mol. The largest absolute Gasteiger partial charge is 0.496 e. The van der Waals surface area contributed by atoms with Crippen LogP contribution in [0.2, 0.25) is 0 Å². The number of amides is 1. The van der Waals surface area contributed by atoms with Crippen molar-refractivity contribution >= 4 is 27.3 Å². The molecule has 1 amide bonds. The molecule has 0 unspecified atom stereocenters. The van der Waals surface area contributed by atoms with E-state index in [0.29, 0.717) is 36.7 Å². The van der Waals surface area contributed by atoms with Gasteiger partial charge in [-0.2, -0.15) is 0 Å². The second kappa shape index (κ2) is 8.45. The number of fused-ring (bicyclic) bond motifs is 1. The van der Waals surface area contributed by atoms with Crippen molar-refractivity contribution in [2.45, 2.75) is 44.9 Å². The first-order chi connectivity index (χ1) is 13.7. The number of rotatable bonds is 7. The number of nitrogens with one attached hydrogen (secondary N) is 1. The van der Waals surface area contributed by atoms with Gasteiger partial charge in [-0.25, -0.2) is 8.42 Å². The number of hydrogen-bond donors (Lipinski definition) is 1. The number of nitrogens with zero attached hydrogens (tertiary/aromatic N) is 1. The van der Waals surface area contributed by atoms with Crippen molar-refractivity contribution in [1.82, 2.24) is 0 Å². The molecule has 0 radical (unpaired) electrons. The van der Waals surface area contributed by atoms with Crippen molar-refractivity contribution in [2.75, 3.05) is 23.3 Å². The molecule has 1 aliphatic rings. The van der Waals surface area contributed by atoms with Gasteiger partial charge in [-0.3, -0.25) is 9.52 Å². The van der Waals surface area contributed by atoms with Gasteiger partial charge in [0.05, 0.1) is 12.0 Å². The Labute approximate surface area is 172 Å². The number of ether oxygens (including phenoxy) is 1. The first kappa shape index (κ1) is 21.2. The van der Waals surface area contributed by atoms with Gasteiger partial charge in [0.2, 0.25) is 5.91 Å². The molecule has 1 heterocycles. The van der Waals surface area contributed by atoms with Gasteiger partial charge in [-0.15, -0.1) is 0 Å². The number of aryl methyl sites for hydroxylation is 2. The molecule has 156 valence electrons. The van der Waals surface area contributed by atoms with Gasteiger partial charge in [0.25, 0.3) is 10.0 Å². The number of anilines is 2. The van der Waals surface area contributed by atoms with Crippen LogP contribution in [0.15, 0.2) is 41.3 Å². The van der Waals surface area contributed by atoms with E-state index in [9.17, 15) is 13.2 Å². The van der Waals surface area contributed by atoms with Crippen molar-refractivity contribution < 1.29 is 17.9 Å². The topological polar surface area (TPSA) is 75.7 Å². The predicted octanol–water partition coefficient (Wildman–Crippen LogP) is 4.13. The van der Waals surface area contributed by atoms with Crippen molar-refractivity contribution in [3.05, 3.63) is 47.5 Å². The van der Waals surface area contributed by atoms with Crippen LogP contribution in [0.3, 0.4) is 0 Å². The lowest BCUT2D eigenvalue weighted by Crippen LogP contribution is -2.36. The fourth-order valence-electron chi connectivity index (χ4n) is 3.49. The number of carbonyl (C=O) groups excluding carboxylic acids is 1. The van der Waals surface area contributed by atoms with Gasteiger partial charge in [0, 0.05) is 24.3 Å². The molecule has 0 fully saturated rings. The van der Waals surface area contributed by atoms with Gasteiger partial charge in [-0.05, 0) is 73.2 Å². The lowest BCUT2D eigenvalue weighted by atomic mass is 9.99. The summed E-state index contributed by atoms with van der Waals surface area (Å²) in [5.74, 6) is 1.27. The summed E-state index contributed by atoms with van der Waals surface area (Å²) >= 11 is 0. The molecule has 0 spiro atoms. The zero-order valence-corrected chi connectivity index (χ0v) is 18.2. The molecule has 1 aliphatic heterocycles. The van der Waals surface area contributed by atoms with Crippen LogP contribution in [0.4, 0.5) is 11.4 Å². The molecule has 0 saturated heterocycles. The molecule has 2 aromatic rings. The number of carbonyl (C=O) groups is 1. The Kier molecular flexibility index (Phi) is 6.17. The number of benzene rings is 2. The van der Waals surface area contributed by atoms with Crippen LogP contribution < -0.4 is 14.4 Å². The van der Waals surface area contributed by atoms with E-state index in [1.165, 1.54) is 6.07 Å². The number of sulfonamides is 1. The zero-order valence-electron chi connectivity index (χ0n) is 17.4. The lowest BCUT2D eigenvalue weighted by molar-refractivity contribution is -0.118. The Bertz CT molecular complexity index is 1020. The second-order valence-corrected chi connectivity index (χ2v) is 9.49. The summed E-state index contributed by atoms with van der Waals surface area (Å²) in [6.07, 6.45) is 1.99. The van der Waals surface area contributed by atoms with Crippen LogP contribution in [0.25, 0.3) is 0 Å². The summed E-state index contributed by atoms with van der Waals surface area (Å²) < 4.78 is 33.5. The van der Waals surface area contributed by atoms with Crippen LogP contribution in [0.5, 0.6) is 5.75 Å². The van der Waals surface area contributed by atoms with Gasteiger partial charge >= 0.3 is 0 Å². The molecule has 7 heteroatoms. The molecule has 0 atom stereocenters. The second-order valence-electron chi connectivity index (χ2n) is 7.81. The quantitative estimate of drug-likeness (QED) is 0.736. The minimum atomic E-state index is -3.72. The van der Waals surface area contributed by atoms with Crippen LogP contribution in [-0.2, 0) is 21.2 Å². The highest BCUT2D eigenvalue weighted by Crippen LogP contribution is 2.32. The van der Waals surface area contributed by atoms with Crippen molar-refractivity contribution in [1.29, 1.82) is 0 Å². The summed E-state index contributed by atoms with van der Waals surface area (Å²) in [6.45, 7) is 6.75. The van der Waals surface area contributed by atoms with E-state index < -0.39 is 10.0 Å². The highest BCUT2D eigenvalue weighted by Gasteiger charge is 2.25. The molecular formula is C22H28N2O4S. The third-order valence-electron chi connectivity index (χ3n) is 5.14. The summed E-state index contributed by atoms with van der Waals surface area (Å²) in [7, 11) is -2.17. The molecule has 0 bridgehead atoms. The van der Waals surface area contributed by atoms with Crippen LogP contribution in [-0.4, -0.2) is 28.0 Å². The average Bonchev–Trinajstić information content (AvgIpc) is 2.66. The minimum absolute atomic E-state index is 0.125. The third kappa shape index (κ3) is 4.72. The Balaban J connectivity index is 1.84. The highest BCUT2D eigenvalue weighted by atomic mass is 32.2. The van der Waals surface area contributed by atoms with Gasteiger partial charge in [-0.1, -0.05) is 13.8 Å². The normalized spacial score (nSPS) is 14.1. The van der Waals surface area contributed by atoms with E-state index in [4.69, 9.17) is 4.74 Å². The molecule has 29 heavy (non-hydrogen) atoms. The van der Waals surface area contributed by atoms with E-state index in [2.05, 4.69) is 18.6 Å². The van der Waals surface area contributed by atoms with Crippen LogP contribution in [0, 0.1) is 12.8 Å². The van der Waals surface area contributed by atoms with Crippen molar-refractivity contribution in [3.8, 4) is 5.75 Å². The maximum atomic E-state index is 12.8. The van der Waals surface area contributed by atoms with Gasteiger partial charge in [0.15, 0.2) is 0 Å². The van der Waals surface area contributed by atoms with E-state index in [1.54, 1.807) is 32.2 Å². The lowest BCUT2D eigenvalue weighted by Gasteiger charge is -2.30. The molecule has 0 saturated carbocycles. The van der Waals surface area contributed by atoms with Crippen molar-refractivity contribution in [2.24, 2.45) is 5.92 Å². The molecule has 6 nitrogen and oxygen atoms in total. The number of methoxy groups -OCH3 is 1. The Morgan fingerprint density at radius 1 is 1.14 bits per heavy atom. The molecule has 3 rings (SSSR count). The number of hydrogen-bond acceptors (Lipinski definition) is 4. The fourth-order valence-corrected chi connectivity index (χ4v) is 4.62. The van der Waals surface area contributed by atoms with Gasteiger partial charge < -0.3 is 9.64 Å². The summed E-state index contributed by atoms with van der Waals surface area (Å²) in [4.78, 5) is 14.4. The van der Waals surface area contributed by atoms with E-state index in [-0.39, 0.29) is 10.8 Å². The minimum Gasteiger partial charge on any atom is -0.496 e. The molecule has 0 aliphatic carbocycles. The van der Waals surface area contributed by atoms with Crippen LogP contribution in [0.1, 0.15) is 37.8 Å². The summed E-state index contributed by atoms with van der Waals surface area (Å²) in [5.41, 5.74) is 3.11. The molecule has 0 aromatic heterocycles.